The Morgan fingerprint density at radius 1 is 0.420 bits per heavy atom. The van der Waals surface area contributed by atoms with Gasteiger partial charge >= 0.3 is 11.9 Å². The number of ether oxygens (including phenoxy) is 5. The molecule has 0 saturated heterocycles. The van der Waals surface area contributed by atoms with E-state index >= 15 is 0 Å². The number of benzene rings is 2. The predicted octanol–water partition coefficient (Wildman–Crippen LogP) is 17.5. The van der Waals surface area contributed by atoms with E-state index in [2.05, 4.69) is 224 Å². The third-order valence-electron chi connectivity index (χ3n) is 23.5. The number of imidazole rings is 4. The second-order valence-electron chi connectivity index (χ2n) is 37.3. The third-order valence-corrected chi connectivity index (χ3v) is 29.0. The molecule has 35 nitrogen and oxygen atoms in total. The lowest BCUT2D eigenvalue weighted by molar-refractivity contribution is 0.0586. The highest BCUT2D eigenvalue weighted by atomic mass is 79.9. The number of rotatable bonds is 23. The van der Waals surface area contributed by atoms with E-state index in [1.165, 1.54) is 42.8 Å². The summed E-state index contributed by atoms with van der Waals surface area (Å²) in [5, 5.41) is 0. The van der Waals surface area contributed by atoms with Crippen molar-refractivity contribution < 1.29 is 33.3 Å². The minimum Gasteiger partial charge on any atom is -0.464 e. The van der Waals surface area contributed by atoms with E-state index in [1.807, 2.05) is 102 Å². The molecule has 16 aromatic heterocycles. The summed E-state index contributed by atoms with van der Waals surface area (Å²) in [6.45, 7) is 35.9. The SMILES string of the molecule is COC(=O)c1nc(-c2cnc3c(c2)nc(C)n3COCC[Si](C)(C)C)ccc1N.COC(=O)c1nc(Br)ccc1N.Cc1nc2cc(-c3ccc4nc[nH]c(=O)c4n3)cnc2n1COCC[Si](C)(C)C.Cc1nc2cc(-c3ccc4ncnc(N5CCc6ccccc6C5)c4n3)cnc2n1COCC[Si](C)(C)C.Cc1nc2ncc(-c3ccc4ncnc(N5CCc6ccccc6C5)c4n3)cc2[nH]1. The average molecular weight is 1970 g/mol. The van der Waals surface area contributed by atoms with Crippen LogP contribution in [-0.4, -0.2) is 197 Å². The summed E-state index contributed by atoms with van der Waals surface area (Å²) in [7, 11) is -0.790. The van der Waals surface area contributed by atoms with Gasteiger partial charge in [-0.2, -0.15) is 0 Å². The molecule has 2 aromatic carbocycles. The van der Waals surface area contributed by atoms with Crippen molar-refractivity contribution in [3.8, 4) is 45.0 Å². The minimum atomic E-state index is -1.13. The highest BCUT2D eigenvalue weighted by molar-refractivity contribution is 9.10. The van der Waals surface area contributed by atoms with Gasteiger partial charge in [-0.3, -0.25) is 18.5 Å². The number of nitrogen functional groups attached to an aromatic ring is 2. The Morgan fingerprint density at radius 3 is 1.24 bits per heavy atom. The van der Waals surface area contributed by atoms with Crippen molar-refractivity contribution in [2.45, 2.75) is 151 Å². The van der Waals surface area contributed by atoms with E-state index in [0.717, 1.165) is 207 Å². The second-order valence-corrected chi connectivity index (χ2v) is 55.0. The number of hydrogen-bond acceptors (Lipinski definition) is 30. The molecule has 2 aliphatic rings. The molecule has 0 amide bonds. The van der Waals surface area contributed by atoms with Crippen LogP contribution in [-0.2, 0) is 69.8 Å². The van der Waals surface area contributed by atoms with E-state index in [-0.39, 0.29) is 22.6 Å². The fourth-order valence-corrected chi connectivity index (χ4v) is 18.3. The van der Waals surface area contributed by atoms with Crippen LogP contribution < -0.4 is 26.8 Å². The van der Waals surface area contributed by atoms with E-state index in [0.29, 0.717) is 58.6 Å². The van der Waals surface area contributed by atoms with E-state index in [4.69, 9.17) is 50.4 Å². The lowest BCUT2D eigenvalue weighted by Gasteiger charge is -2.30. The average Bonchev–Trinajstić information content (AvgIpc) is 0.787. The maximum Gasteiger partial charge on any atom is 0.358 e. The van der Waals surface area contributed by atoms with Gasteiger partial charge in [-0.05, 0) is 182 Å². The number of halogens is 1. The number of aromatic nitrogens is 23. The highest BCUT2D eigenvalue weighted by Crippen LogP contribution is 2.35. The molecule has 39 heteroatoms. The molecule has 0 saturated carbocycles. The number of aromatic amines is 2. The molecule has 708 valence electrons. The van der Waals surface area contributed by atoms with Crippen LogP contribution in [0.25, 0.3) is 123 Å². The number of anilines is 4. The summed E-state index contributed by atoms with van der Waals surface area (Å²) >= 11 is 3.12. The molecule has 18 heterocycles. The predicted molar refractivity (Wildman–Crippen MR) is 549 cm³/mol. The highest BCUT2D eigenvalue weighted by Gasteiger charge is 2.27. The van der Waals surface area contributed by atoms with Gasteiger partial charge in [0.05, 0.1) is 76.8 Å². The zero-order valence-corrected chi connectivity index (χ0v) is 84.5. The lowest BCUT2D eigenvalue weighted by Crippen LogP contribution is -2.31. The van der Waals surface area contributed by atoms with Gasteiger partial charge in [-0.1, -0.05) is 107 Å². The van der Waals surface area contributed by atoms with Gasteiger partial charge in [0.15, 0.2) is 51.1 Å². The van der Waals surface area contributed by atoms with Gasteiger partial charge in [0.1, 0.15) is 88.3 Å². The number of methoxy groups -OCH3 is 2. The number of nitrogens with two attached hydrogens (primary N) is 2. The van der Waals surface area contributed by atoms with Crippen LogP contribution in [0.3, 0.4) is 0 Å². The summed E-state index contributed by atoms with van der Waals surface area (Å²) < 4.78 is 33.5. The molecule has 0 bridgehead atoms. The van der Waals surface area contributed by atoms with E-state index in [9.17, 15) is 14.4 Å². The number of hydrogen-bond donors (Lipinski definition) is 4. The molecule has 18 aromatic rings. The molecule has 2 aliphatic heterocycles. The third kappa shape index (κ3) is 23.1. The molecule has 0 fully saturated rings. The van der Waals surface area contributed by atoms with Crippen LogP contribution >= 0.6 is 15.9 Å². The Labute approximate surface area is 807 Å². The second kappa shape index (κ2) is 42.1. The number of nitrogens with one attached hydrogen (secondary N) is 2. The molecular formula is C99H110BrN27O8Si3. The standard InChI is InChI=1S/C29H33N7OSi.C23H19N7.C20H24N6O2Si.C20H27N5O3Si.C7H7BrN2O2/c1-20-33-26-15-23(16-30-28(26)36(20)19-37-13-14-38(2,3)4)24-9-10-25-27(34-24)29(32-18-31-25)35-12-11-21-7-5-6-8-22(21)17-35;1-14-27-20-10-17(11-24-22(20)28-14)18-6-7-19-21(29-18)23(26-13-25-19)30-9-8-15-4-2-3-5-16(15)12-30;1-13-24-17-9-14(15-5-6-16-18(25-15)20(27)23-11-22-16)10-21-19(17)26(13)12-28-7-8-29(2,3)4;1-13-23-17-10-14(16-7-6-15(21)18(24-16)20(26)27-2)11-22-19(17)25(13)12-28-8-9-29(3,4)5;1-12-7(11)6-4(9)2-3-5(8)10-6/h5-10,15-16,18H,11-14,17,19H2,1-4H3;2-7,10-11,13H,8-9,12H2,1H3,(H,24,27,28);5-6,9-11H,7-8,12H2,1-4H3,(H,22,23,27);6-7,10-11H,8-9,12,21H2,1-5H3;2-3H,9H2,1H3. The summed E-state index contributed by atoms with van der Waals surface area (Å²) in [6.07, 6.45) is 13.8. The van der Waals surface area contributed by atoms with Crippen molar-refractivity contribution in [2.24, 2.45) is 0 Å². The van der Waals surface area contributed by atoms with Crippen LogP contribution in [0.1, 0.15) is 66.5 Å². The van der Waals surface area contributed by atoms with Crippen LogP contribution in [0.2, 0.25) is 77.1 Å². The van der Waals surface area contributed by atoms with Crippen LogP contribution in [0.15, 0.2) is 187 Å². The van der Waals surface area contributed by atoms with Gasteiger partial charge in [-0.15, -0.1) is 0 Å². The normalized spacial score (nSPS) is 12.6. The molecule has 0 spiro atoms. The molecule has 6 N–H and O–H groups in total. The van der Waals surface area contributed by atoms with Gasteiger partial charge in [0.2, 0.25) is 0 Å². The topological polar surface area (TPSA) is 434 Å². The first-order chi connectivity index (χ1) is 66.3. The van der Waals surface area contributed by atoms with E-state index < -0.39 is 36.2 Å². The van der Waals surface area contributed by atoms with Crippen molar-refractivity contribution in [1.82, 2.24) is 113 Å². The zero-order valence-electron chi connectivity index (χ0n) is 79.9. The molecule has 0 atom stereocenters. The van der Waals surface area contributed by atoms with Crippen LogP contribution in [0.4, 0.5) is 23.0 Å². The van der Waals surface area contributed by atoms with Gasteiger partial charge in [0.25, 0.3) is 5.56 Å². The Hall–Kier alpha value is -14.4. The van der Waals surface area contributed by atoms with Crippen molar-refractivity contribution in [3.63, 3.8) is 0 Å². The number of aryl methyl sites for hydroxylation is 4. The van der Waals surface area contributed by atoms with Gasteiger partial charge in [0, 0.05) is 117 Å². The first-order valence-corrected chi connectivity index (χ1v) is 57.3. The quantitative estimate of drug-likeness (QED) is 0.0200. The molecule has 0 aliphatic carbocycles. The number of carbonyl (C=O) groups is 2. The molecule has 20 rings (SSSR count). The molecule has 0 radical (unpaired) electrons. The van der Waals surface area contributed by atoms with Crippen LogP contribution in [0.5, 0.6) is 0 Å². The Kier molecular flexibility index (Phi) is 29.5. The van der Waals surface area contributed by atoms with Crippen LogP contribution in [0, 0.1) is 27.7 Å². The molecule has 138 heavy (non-hydrogen) atoms. The van der Waals surface area contributed by atoms with Crippen molar-refractivity contribution >= 4 is 153 Å². The Morgan fingerprint density at radius 2 is 0.804 bits per heavy atom. The maximum atomic E-state index is 12.0. The first kappa shape index (κ1) is 96.7. The first-order valence-electron chi connectivity index (χ1n) is 45.4. The summed E-state index contributed by atoms with van der Waals surface area (Å²) in [4.78, 5) is 127. The zero-order chi connectivity index (χ0) is 97.3. The van der Waals surface area contributed by atoms with Gasteiger partial charge < -0.3 is 54.9 Å². The Bertz CT molecular complexity index is 7600. The minimum absolute atomic E-state index is 0.0857. The number of pyridine rings is 9. The maximum absolute atomic E-state index is 12.0. The molecule has 0 unspecified atom stereocenters. The van der Waals surface area contributed by atoms with E-state index in [1.54, 1.807) is 55.4 Å². The summed E-state index contributed by atoms with van der Waals surface area (Å²) in [5.74, 6) is 4.07. The number of fused-ring (bicyclic) bond motifs is 9. The molecular weight excluding hydrogens is 1860 g/mol. The van der Waals surface area contributed by atoms with Crippen molar-refractivity contribution in [1.29, 1.82) is 0 Å². The largest absolute Gasteiger partial charge is 0.464 e. The van der Waals surface area contributed by atoms with Crippen molar-refractivity contribution in [3.05, 3.63) is 249 Å². The van der Waals surface area contributed by atoms with Gasteiger partial charge in [-0.25, -0.2) is 99.3 Å². The number of nitrogens with zero attached hydrogens (tertiary/aromatic N) is 23. The summed E-state index contributed by atoms with van der Waals surface area (Å²) in [5.41, 5.74) is 34.2. The summed E-state index contributed by atoms with van der Waals surface area (Å²) in [6, 6.07) is 46.8. The fourth-order valence-electron chi connectivity index (χ4n) is 15.7. The number of H-pyrrole nitrogens is 2. The number of esters is 2. The number of carbonyl (C=O) groups excluding carboxylic acids is 2. The Balaban J connectivity index is 0.000000128. The lowest BCUT2D eigenvalue weighted by atomic mass is 10.00. The smallest absolute Gasteiger partial charge is 0.358 e. The fraction of sp³-hybridized carbons (Fsp3) is 0.303. The monoisotopic (exact) mass is 1970 g/mol. The van der Waals surface area contributed by atoms with Crippen molar-refractivity contribution in [2.75, 3.05) is 68.4 Å².